The summed E-state index contributed by atoms with van der Waals surface area (Å²) in [5.41, 5.74) is 5.75. The lowest BCUT2D eigenvalue weighted by molar-refractivity contribution is 0.694. The normalized spacial score (nSPS) is 16.3. The molecule has 1 aliphatic rings. The van der Waals surface area contributed by atoms with Crippen LogP contribution in [0.5, 0.6) is 0 Å². The van der Waals surface area contributed by atoms with Crippen LogP contribution < -0.4 is 5.32 Å². The van der Waals surface area contributed by atoms with Crippen molar-refractivity contribution >= 4 is 11.3 Å². The Morgan fingerprint density at radius 2 is 1.86 bits per heavy atom. The van der Waals surface area contributed by atoms with Gasteiger partial charge in [-0.1, -0.05) is 30.2 Å². The Morgan fingerprint density at radius 3 is 2.67 bits per heavy atom. The maximum atomic E-state index is 3.54. The Balaban J connectivity index is 1.98. The summed E-state index contributed by atoms with van der Waals surface area (Å²) in [6.45, 7) is 4.40. The average Bonchev–Trinajstić information content (AvgIpc) is 2.74. The number of hydrogen-bond donors (Lipinski definition) is 1. The second kappa shape index (κ2) is 6.33. The van der Waals surface area contributed by atoms with E-state index in [0.29, 0.717) is 6.04 Å². The van der Waals surface area contributed by atoms with Crippen LogP contribution in [0.1, 0.15) is 57.3 Å². The Kier molecular flexibility index (Phi) is 4.46. The molecule has 2 aromatic rings. The molecule has 0 spiro atoms. The van der Waals surface area contributed by atoms with Crippen LogP contribution in [0.2, 0.25) is 0 Å². The molecule has 21 heavy (non-hydrogen) atoms. The van der Waals surface area contributed by atoms with E-state index in [1.54, 1.807) is 10.4 Å². The van der Waals surface area contributed by atoms with Gasteiger partial charge in [-0.05, 0) is 69.3 Å². The second-order valence-corrected chi connectivity index (χ2v) is 7.41. The van der Waals surface area contributed by atoms with Crippen LogP contribution in [0.3, 0.4) is 0 Å². The lowest BCUT2D eigenvalue weighted by Gasteiger charge is -2.18. The van der Waals surface area contributed by atoms with Crippen LogP contribution in [-0.2, 0) is 12.8 Å². The quantitative estimate of drug-likeness (QED) is 0.791. The van der Waals surface area contributed by atoms with Crippen LogP contribution in [0.15, 0.2) is 24.3 Å². The van der Waals surface area contributed by atoms with Gasteiger partial charge in [-0.3, -0.25) is 0 Å². The fourth-order valence-corrected chi connectivity index (χ4v) is 4.74. The summed E-state index contributed by atoms with van der Waals surface area (Å²) >= 11 is 2.03. The minimum absolute atomic E-state index is 0.335. The number of rotatable bonds is 3. The molecule has 0 fully saturated rings. The maximum absolute atomic E-state index is 3.54. The van der Waals surface area contributed by atoms with Gasteiger partial charge in [0.1, 0.15) is 0 Å². The molecule has 1 aromatic heterocycles. The zero-order chi connectivity index (χ0) is 14.8. The monoisotopic (exact) mass is 299 g/mol. The molecule has 0 aliphatic heterocycles. The number of nitrogens with one attached hydrogen (secondary N) is 1. The van der Waals surface area contributed by atoms with E-state index in [9.17, 15) is 0 Å². The van der Waals surface area contributed by atoms with Crippen molar-refractivity contribution in [1.82, 2.24) is 5.32 Å². The first-order valence-electron chi connectivity index (χ1n) is 8.05. The molecule has 1 aromatic carbocycles. The van der Waals surface area contributed by atoms with Crippen molar-refractivity contribution in [2.24, 2.45) is 0 Å². The van der Waals surface area contributed by atoms with Crippen molar-refractivity contribution in [2.45, 2.75) is 52.0 Å². The molecule has 0 amide bonds. The van der Waals surface area contributed by atoms with Gasteiger partial charge in [-0.25, -0.2) is 0 Å². The van der Waals surface area contributed by atoms with Crippen molar-refractivity contribution in [2.75, 3.05) is 7.05 Å². The molecule has 1 aliphatic carbocycles. The van der Waals surface area contributed by atoms with Crippen LogP contribution >= 0.6 is 11.3 Å². The van der Waals surface area contributed by atoms with Gasteiger partial charge in [0.25, 0.3) is 0 Å². The van der Waals surface area contributed by atoms with Crippen LogP contribution in [0, 0.1) is 13.8 Å². The van der Waals surface area contributed by atoms with Crippen molar-refractivity contribution in [3.63, 3.8) is 0 Å². The van der Waals surface area contributed by atoms with E-state index in [2.05, 4.69) is 50.5 Å². The molecule has 0 radical (unpaired) electrons. The number of thiophene rings is 1. The number of aryl methyl sites for hydroxylation is 4. The highest BCUT2D eigenvalue weighted by Gasteiger charge is 2.20. The molecule has 1 heterocycles. The van der Waals surface area contributed by atoms with Crippen molar-refractivity contribution < 1.29 is 0 Å². The number of hydrogen-bond acceptors (Lipinski definition) is 2. The highest BCUT2D eigenvalue weighted by Crippen LogP contribution is 2.35. The zero-order valence-electron chi connectivity index (χ0n) is 13.3. The summed E-state index contributed by atoms with van der Waals surface area (Å²) in [4.78, 5) is 3.12. The van der Waals surface area contributed by atoms with Gasteiger partial charge < -0.3 is 5.32 Å². The van der Waals surface area contributed by atoms with Crippen molar-refractivity contribution in [1.29, 1.82) is 0 Å². The van der Waals surface area contributed by atoms with Gasteiger partial charge >= 0.3 is 0 Å². The lowest BCUT2D eigenvalue weighted by Crippen LogP contribution is -2.17. The third kappa shape index (κ3) is 3.07. The smallest absolute Gasteiger partial charge is 0.0671 e. The molecule has 1 N–H and O–H groups in total. The fraction of sp³-hybridized carbons (Fsp3) is 0.474. The van der Waals surface area contributed by atoms with Gasteiger partial charge in [0, 0.05) is 9.75 Å². The van der Waals surface area contributed by atoms with E-state index >= 15 is 0 Å². The zero-order valence-corrected chi connectivity index (χ0v) is 14.1. The van der Waals surface area contributed by atoms with Gasteiger partial charge in [0.2, 0.25) is 0 Å². The average molecular weight is 299 g/mol. The largest absolute Gasteiger partial charge is 0.309 e. The van der Waals surface area contributed by atoms with Crippen molar-refractivity contribution in [3.05, 3.63) is 56.3 Å². The molecule has 1 atom stereocenters. The van der Waals surface area contributed by atoms with Crippen molar-refractivity contribution in [3.8, 4) is 0 Å². The SMILES string of the molecule is CNC(c1cc2c(s1)CCCCC2)c1cc(C)ccc1C. The van der Waals surface area contributed by atoms with Gasteiger partial charge in [0.05, 0.1) is 6.04 Å². The Morgan fingerprint density at radius 1 is 1.05 bits per heavy atom. The maximum Gasteiger partial charge on any atom is 0.0671 e. The highest BCUT2D eigenvalue weighted by molar-refractivity contribution is 7.12. The molecular weight excluding hydrogens is 274 g/mol. The topological polar surface area (TPSA) is 12.0 Å². The van der Waals surface area contributed by atoms with E-state index in [0.717, 1.165) is 0 Å². The Labute approximate surface area is 132 Å². The second-order valence-electron chi connectivity index (χ2n) is 6.24. The van der Waals surface area contributed by atoms with Crippen LogP contribution in [0.25, 0.3) is 0 Å². The van der Waals surface area contributed by atoms with Gasteiger partial charge in [-0.2, -0.15) is 0 Å². The van der Waals surface area contributed by atoms with Gasteiger partial charge in [-0.15, -0.1) is 11.3 Å². The third-order valence-corrected chi connectivity index (χ3v) is 5.89. The Bertz CT molecular complexity index is 603. The molecule has 1 nitrogen and oxygen atoms in total. The van der Waals surface area contributed by atoms with Gasteiger partial charge in [0.15, 0.2) is 0 Å². The van der Waals surface area contributed by atoms with E-state index in [1.807, 2.05) is 11.3 Å². The lowest BCUT2D eigenvalue weighted by atomic mass is 9.97. The molecule has 0 bridgehead atoms. The standard InChI is InChI=1S/C19H25NS/c1-13-9-10-14(2)16(11-13)19(20-3)18-12-15-7-5-4-6-8-17(15)21-18/h9-12,19-20H,4-8H2,1-3H3. The minimum Gasteiger partial charge on any atom is -0.309 e. The van der Waals surface area contributed by atoms with E-state index < -0.39 is 0 Å². The first-order chi connectivity index (χ1) is 10.2. The summed E-state index contributed by atoms with van der Waals surface area (Å²) in [6, 6.07) is 9.58. The predicted octanol–water partition coefficient (Wildman–Crippen LogP) is 4.94. The predicted molar refractivity (Wildman–Crippen MR) is 92.4 cm³/mol. The summed E-state index contributed by atoms with van der Waals surface area (Å²) in [7, 11) is 2.08. The number of benzene rings is 1. The third-order valence-electron chi connectivity index (χ3n) is 4.58. The number of fused-ring (bicyclic) bond motifs is 1. The fourth-order valence-electron chi connectivity index (χ4n) is 3.35. The summed E-state index contributed by atoms with van der Waals surface area (Å²) in [5, 5.41) is 3.54. The van der Waals surface area contributed by atoms with E-state index in [4.69, 9.17) is 0 Å². The molecule has 1 unspecified atom stereocenters. The summed E-state index contributed by atoms with van der Waals surface area (Å²) < 4.78 is 0. The first kappa shape index (κ1) is 14.8. The van der Waals surface area contributed by atoms with E-state index in [-0.39, 0.29) is 0 Å². The van der Waals surface area contributed by atoms with Crippen LogP contribution in [-0.4, -0.2) is 7.05 Å². The molecule has 112 valence electrons. The first-order valence-corrected chi connectivity index (χ1v) is 8.86. The molecule has 2 heteroatoms. The molecule has 3 rings (SSSR count). The highest BCUT2D eigenvalue weighted by atomic mass is 32.1. The summed E-state index contributed by atoms with van der Waals surface area (Å²) in [5.74, 6) is 0. The molecule has 0 saturated heterocycles. The van der Waals surface area contributed by atoms with Crippen LogP contribution in [0.4, 0.5) is 0 Å². The molecule has 0 saturated carbocycles. The minimum atomic E-state index is 0.335. The Hall–Kier alpha value is -1.12. The van der Waals surface area contributed by atoms with E-state index in [1.165, 1.54) is 53.7 Å². The summed E-state index contributed by atoms with van der Waals surface area (Å²) in [6.07, 6.45) is 6.67. The molecular formula is C19H25NS.